The van der Waals surface area contributed by atoms with Crippen LogP contribution in [0.15, 0.2) is 60.7 Å². The van der Waals surface area contributed by atoms with Crippen LogP contribution in [0, 0.1) is 5.92 Å². The van der Waals surface area contributed by atoms with Gasteiger partial charge in [0.2, 0.25) is 0 Å². The maximum atomic E-state index is 10.6. The summed E-state index contributed by atoms with van der Waals surface area (Å²) in [5.74, 6) is 0.235. The summed E-state index contributed by atoms with van der Waals surface area (Å²) < 4.78 is 0. The smallest absolute Gasteiger partial charge is 0.0621 e. The van der Waals surface area contributed by atoms with Gasteiger partial charge in [-0.2, -0.15) is 0 Å². The number of aliphatic hydroxyl groups is 1. The highest BCUT2D eigenvalue weighted by molar-refractivity contribution is 5.47. The van der Waals surface area contributed by atoms with Crippen LogP contribution in [0.4, 0.5) is 11.4 Å². The van der Waals surface area contributed by atoms with E-state index in [0.29, 0.717) is 6.04 Å². The Morgan fingerprint density at radius 1 is 1.08 bits per heavy atom. The van der Waals surface area contributed by atoms with E-state index in [1.54, 1.807) is 0 Å². The Balaban J connectivity index is 1.75. The summed E-state index contributed by atoms with van der Waals surface area (Å²) >= 11 is 0. The van der Waals surface area contributed by atoms with Crippen molar-refractivity contribution in [1.29, 1.82) is 0 Å². The summed E-state index contributed by atoms with van der Waals surface area (Å²) in [4.78, 5) is 2.41. The molecule has 3 atom stereocenters. The van der Waals surface area contributed by atoms with Crippen LogP contribution in [-0.2, 0) is 0 Å². The number of benzene rings is 2. The Labute approximate surface area is 145 Å². The lowest BCUT2D eigenvalue weighted by Gasteiger charge is -2.41. The molecule has 2 aromatic carbocycles. The van der Waals surface area contributed by atoms with Crippen molar-refractivity contribution in [2.75, 3.05) is 23.3 Å². The number of hydrogen-bond donors (Lipinski definition) is 2. The maximum Gasteiger partial charge on any atom is 0.0621 e. The predicted octanol–water partition coefficient (Wildman–Crippen LogP) is 4.15. The summed E-state index contributed by atoms with van der Waals surface area (Å²) in [7, 11) is 0. The van der Waals surface area contributed by atoms with E-state index < -0.39 is 0 Å². The van der Waals surface area contributed by atoms with E-state index >= 15 is 0 Å². The summed E-state index contributed by atoms with van der Waals surface area (Å²) in [6.07, 6.45) is 2.77. The van der Waals surface area contributed by atoms with Crippen molar-refractivity contribution in [3.63, 3.8) is 0 Å². The molecule has 1 aliphatic rings. The van der Waals surface area contributed by atoms with Gasteiger partial charge in [0, 0.05) is 36.4 Å². The van der Waals surface area contributed by atoms with E-state index in [0.717, 1.165) is 38.0 Å². The van der Waals surface area contributed by atoms with Crippen LogP contribution in [0.25, 0.3) is 0 Å². The van der Waals surface area contributed by atoms with Crippen LogP contribution < -0.4 is 10.2 Å². The van der Waals surface area contributed by atoms with Crippen LogP contribution in [0.1, 0.15) is 26.2 Å². The molecule has 24 heavy (non-hydrogen) atoms. The van der Waals surface area contributed by atoms with Crippen LogP contribution >= 0.6 is 0 Å². The normalized spacial score (nSPS) is 22.2. The summed E-state index contributed by atoms with van der Waals surface area (Å²) in [6, 6.07) is 21.2. The molecular formula is C21H28N2O. The van der Waals surface area contributed by atoms with Gasteiger partial charge in [0.25, 0.3) is 0 Å². The lowest BCUT2D eigenvalue weighted by Crippen LogP contribution is -2.50. The molecule has 3 heteroatoms. The van der Waals surface area contributed by atoms with Crippen molar-refractivity contribution in [2.24, 2.45) is 5.92 Å². The number of para-hydroxylation sites is 2. The molecule has 0 bridgehead atoms. The predicted molar refractivity (Wildman–Crippen MR) is 102 cm³/mol. The lowest BCUT2D eigenvalue weighted by atomic mass is 9.85. The molecule has 0 saturated carbocycles. The molecular weight excluding hydrogens is 296 g/mol. The van der Waals surface area contributed by atoms with E-state index in [1.807, 2.05) is 6.07 Å². The van der Waals surface area contributed by atoms with Crippen LogP contribution in [0.5, 0.6) is 0 Å². The first-order valence-corrected chi connectivity index (χ1v) is 9.07. The summed E-state index contributed by atoms with van der Waals surface area (Å²) in [5.41, 5.74) is 2.39. The summed E-state index contributed by atoms with van der Waals surface area (Å²) in [5, 5.41) is 14.3. The van der Waals surface area contributed by atoms with Crippen molar-refractivity contribution in [2.45, 2.75) is 38.3 Å². The monoisotopic (exact) mass is 324 g/mol. The van der Waals surface area contributed by atoms with Crippen molar-refractivity contribution in [1.82, 2.24) is 0 Å². The third-order valence-corrected chi connectivity index (χ3v) is 4.98. The van der Waals surface area contributed by atoms with E-state index in [4.69, 9.17) is 0 Å². The van der Waals surface area contributed by atoms with Gasteiger partial charge in [-0.15, -0.1) is 0 Å². The van der Waals surface area contributed by atoms with Gasteiger partial charge in [0.15, 0.2) is 0 Å². The quantitative estimate of drug-likeness (QED) is 0.838. The van der Waals surface area contributed by atoms with E-state index in [2.05, 4.69) is 71.7 Å². The zero-order chi connectivity index (χ0) is 16.8. The van der Waals surface area contributed by atoms with Crippen molar-refractivity contribution in [3.05, 3.63) is 60.7 Å². The second-order valence-electron chi connectivity index (χ2n) is 6.71. The van der Waals surface area contributed by atoms with E-state index in [1.165, 1.54) is 5.69 Å². The molecule has 1 fully saturated rings. The zero-order valence-corrected chi connectivity index (χ0v) is 14.4. The molecule has 1 heterocycles. The topological polar surface area (TPSA) is 35.5 Å². The number of anilines is 2. The minimum atomic E-state index is -0.238. The fraction of sp³-hybridized carbons (Fsp3) is 0.429. The standard InChI is InChI=1S/C21H28N2O/c1-2-9-20(22-17-10-5-3-6-11-17)19-16-23(15-14-21(19)24)18-12-7-4-8-13-18/h3-8,10-13,19-22,24H,2,9,14-16H2,1H3/t19-,20+,21+/m0/s1. The Bertz CT molecular complexity index is 602. The zero-order valence-electron chi connectivity index (χ0n) is 14.4. The molecule has 1 aliphatic heterocycles. The summed E-state index contributed by atoms with van der Waals surface area (Å²) in [6.45, 7) is 4.03. The molecule has 0 radical (unpaired) electrons. The second kappa shape index (κ2) is 8.20. The maximum absolute atomic E-state index is 10.6. The average Bonchev–Trinajstić information content (AvgIpc) is 2.63. The minimum absolute atomic E-state index is 0.235. The second-order valence-corrected chi connectivity index (χ2v) is 6.71. The Morgan fingerprint density at radius 2 is 1.75 bits per heavy atom. The first-order chi connectivity index (χ1) is 11.8. The van der Waals surface area contributed by atoms with Gasteiger partial charge in [-0.3, -0.25) is 0 Å². The molecule has 0 unspecified atom stereocenters. The highest BCUT2D eigenvalue weighted by Crippen LogP contribution is 2.28. The van der Waals surface area contributed by atoms with Gasteiger partial charge in [-0.05, 0) is 37.1 Å². The fourth-order valence-corrected chi connectivity index (χ4v) is 3.69. The highest BCUT2D eigenvalue weighted by Gasteiger charge is 2.33. The molecule has 2 N–H and O–H groups in total. The van der Waals surface area contributed by atoms with Crippen molar-refractivity contribution in [3.8, 4) is 0 Å². The number of rotatable bonds is 6. The van der Waals surface area contributed by atoms with Gasteiger partial charge in [0.05, 0.1) is 6.10 Å². The van der Waals surface area contributed by atoms with Crippen LogP contribution in [0.3, 0.4) is 0 Å². The number of piperidine rings is 1. The largest absolute Gasteiger partial charge is 0.393 e. The van der Waals surface area contributed by atoms with Crippen LogP contribution in [-0.4, -0.2) is 30.3 Å². The number of nitrogens with one attached hydrogen (secondary N) is 1. The molecule has 2 aromatic rings. The van der Waals surface area contributed by atoms with Gasteiger partial charge in [0.1, 0.15) is 0 Å². The van der Waals surface area contributed by atoms with Gasteiger partial charge >= 0.3 is 0 Å². The van der Waals surface area contributed by atoms with Crippen molar-refractivity contribution >= 4 is 11.4 Å². The minimum Gasteiger partial charge on any atom is -0.393 e. The molecule has 0 spiro atoms. The molecule has 3 nitrogen and oxygen atoms in total. The van der Waals surface area contributed by atoms with Gasteiger partial charge in [-0.1, -0.05) is 49.7 Å². The van der Waals surface area contributed by atoms with E-state index in [-0.39, 0.29) is 12.0 Å². The molecule has 3 rings (SSSR count). The van der Waals surface area contributed by atoms with Crippen molar-refractivity contribution < 1.29 is 5.11 Å². The number of hydrogen-bond acceptors (Lipinski definition) is 3. The third-order valence-electron chi connectivity index (χ3n) is 4.98. The number of aliphatic hydroxyl groups excluding tert-OH is 1. The SMILES string of the molecule is CCC[C@@H](Nc1ccccc1)[C@@H]1CN(c2ccccc2)CC[C@H]1O. The molecule has 1 saturated heterocycles. The average molecular weight is 324 g/mol. The Kier molecular flexibility index (Phi) is 5.76. The third kappa shape index (κ3) is 4.09. The lowest BCUT2D eigenvalue weighted by molar-refractivity contribution is 0.0760. The van der Waals surface area contributed by atoms with Gasteiger partial charge < -0.3 is 15.3 Å². The highest BCUT2D eigenvalue weighted by atomic mass is 16.3. The van der Waals surface area contributed by atoms with Crippen LogP contribution in [0.2, 0.25) is 0 Å². The Morgan fingerprint density at radius 3 is 2.42 bits per heavy atom. The fourth-order valence-electron chi connectivity index (χ4n) is 3.69. The van der Waals surface area contributed by atoms with Gasteiger partial charge in [-0.25, -0.2) is 0 Å². The number of nitrogens with zero attached hydrogens (tertiary/aromatic N) is 1. The molecule has 0 amide bonds. The van der Waals surface area contributed by atoms with E-state index in [9.17, 15) is 5.11 Å². The first kappa shape index (κ1) is 16.8. The molecule has 128 valence electrons. The molecule has 0 aliphatic carbocycles. The Hall–Kier alpha value is -2.00. The molecule has 0 aromatic heterocycles. The first-order valence-electron chi connectivity index (χ1n) is 9.07.